The van der Waals surface area contributed by atoms with Gasteiger partial charge >= 0.3 is 16.3 Å². The molecule has 0 unspecified atom stereocenters. The van der Waals surface area contributed by atoms with Crippen LogP contribution in [-0.2, 0) is 14.9 Å². The van der Waals surface area contributed by atoms with Crippen molar-refractivity contribution in [2.24, 2.45) is 0 Å². The lowest BCUT2D eigenvalue weighted by Crippen LogP contribution is -2.41. The third kappa shape index (κ3) is 8.02. The summed E-state index contributed by atoms with van der Waals surface area (Å²) in [5.74, 6) is 0. The normalized spacial score (nSPS) is 10.9. The average Bonchev–Trinajstić information content (AvgIpc) is 2.10. The molecule has 0 atom stereocenters. The quantitative estimate of drug-likeness (QED) is 0.656. The molecule has 0 aromatic rings. The number of carbonyl (C=O) groups excluding carboxylic acids is 1. The first-order valence-corrected chi connectivity index (χ1v) is 6.20. The van der Waals surface area contributed by atoms with E-state index in [0.29, 0.717) is 6.42 Å². The number of nitriles is 1. The maximum Gasteiger partial charge on any atom is 0.422 e. The van der Waals surface area contributed by atoms with Crippen molar-refractivity contribution >= 4 is 16.3 Å². The molecule has 0 saturated carbocycles. The van der Waals surface area contributed by atoms with Gasteiger partial charge in [0, 0.05) is 13.0 Å². The molecular weight excluding hydrogens is 234 g/mol. The average molecular weight is 249 g/mol. The van der Waals surface area contributed by atoms with Crippen molar-refractivity contribution in [2.75, 3.05) is 6.54 Å². The highest BCUT2D eigenvalue weighted by Gasteiger charge is 2.15. The molecule has 2 N–H and O–H groups in total. The molecule has 0 fully saturated rings. The molecule has 0 rings (SSSR count). The number of rotatable bonds is 6. The third-order valence-electron chi connectivity index (χ3n) is 1.32. The standard InChI is InChI=1S/C8H15N3O4S/c1-7(2)15-8(12)11-16(13,14)10-6-4-3-5-9/h7,10H,3-4,6H2,1-2H3,(H,11,12). The molecule has 0 heterocycles. The molecule has 16 heavy (non-hydrogen) atoms. The Hall–Kier alpha value is -1.33. The Kier molecular flexibility index (Phi) is 6.44. The molecule has 0 aromatic heterocycles. The van der Waals surface area contributed by atoms with E-state index in [1.165, 1.54) is 0 Å². The van der Waals surface area contributed by atoms with Crippen molar-refractivity contribution in [1.29, 1.82) is 5.26 Å². The van der Waals surface area contributed by atoms with Crippen LogP contribution in [0.15, 0.2) is 0 Å². The van der Waals surface area contributed by atoms with Gasteiger partial charge in [0.1, 0.15) is 0 Å². The van der Waals surface area contributed by atoms with Gasteiger partial charge in [0.25, 0.3) is 0 Å². The molecule has 0 aliphatic heterocycles. The first kappa shape index (κ1) is 14.7. The third-order valence-corrected chi connectivity index (χ3v) is 2.34. The highest BCUT2D eigenvalue weighted by atomic mass is 32.2. The van der Waals surface area contributed by atoms with Crippen LogP contribution in [0.3, 0.4) is 0 Å². The molecule has 8 heteroatoms. The van der Waals surface area contributed by atoms with Crippen LogP contribution in [0, 0.1) is 11.3 Å². The maximum atomic E-state index is 11.2. The summed E-state index contributed by atoms with van der Waals surface area (Å²) < 4.78 is 30.7. The van der Waals surface area contributed by atoms with Crippen LogP contribution in [0.25, 0.3) is 0 Å². The summed E-state index contributed by atoms with van der Waals surface area (Å²) in [6, 6.07) is 1.87. The highest BCUT2D eigenvalue weighted by Crippen LogP contribution is 1.90. The van der Waals surface area contributed by atoms with Crippen molar-refractivity contribution < 1.29 is 17.9 Å². The number of amides is 1. The fourth-order valence-electron chi connectivity index (χ4n) is 0.758. The zero-order valence-electron chi connectivity index (χ0n) is 9.19. The Balaban J connectivity index is 3.96. The number of nitrogens with one attached hydrogen (secondary N) is 2. The van der Waals surface area contributed by atoms with Crippen LogP contribution in [0.5, 0.6) is 0 Å². The van der Waals surface area contributed by atoms with E-state index in [4.69, 9.17) is 5.26 Å². The second-order valence-corrected chi connectivity index (χ2v) is 4.72. The second-order valence-electron chi connectivity index (χ2n) is 3.22. The van der Waals surface area contributed by atoms with Crippen LogP contribution in [0.4, 0.5) is 4.79 Å². The number of carbonyl (C=O) groups is 1. The van der Waals surface area contributed by atoms with Crippen LogP contribution in [0.1, 0.15) is 26.7 Å². The summed E-state index contributed by atoms with van der Waals surface area (Å²) in [7, 11) is -3.89. The largest absolute Gasteiger partial charge is 0.446 e. The Bertz CT molecular complexity index is 358. The van der Waals surface area contributed by atoms with E-state index in [9.17, 15) is 13.2 Å². The summed E-state index contributed by atoms with van der Waals surface area (Å²) in [4.78, 5) is 11.0. The molecule has 0 bridgehead atoms. The van der Waals surface area contributed by atoms with Crippen LogP contribution < -0.4 is 9.44 Å². The lowest BCUT2D eigenvalue weighted by molar-refractivity contribution is 0.121. The molecule has 0 aromatic carbocycles. The molecule has 0 radical (unpaired) electrons. The van der Waals surface area contributed by atoms with Crippen LogP contribution in [-0.4, -0.2) is 27.2 Å². The minimum Gasteiger partial charge on any atom is -0.446 e. The number of hydrogen-bond acceptors (Lipinski definition) is 5. The maximum absolute atomic E-state index is 11.2. The van der Waals surface area contributed by atoms with Gasteiger partial charge in [-0.2, -0.15) is 18.4 Å². The smallest absolute Gasteiger partial charge is 0.422 e. The van der Waals surface area contributed by atoms with Crippen molar-refractivity contribution in [1.82, 2.24) is 9.44 Å². The van der Waals surface area contributed by atoms with E-state index in [0.717, 1.165) is 0 Å². The van der Waals surface area contributed by atoms with E-state index in [1.54, 1.807) is 18.6 Å². The zero-order chi connectivity index (χ0) is 12.6. The van der Waals surface area contributed by atoms with Gasteiger partial charge < -0.3 is 4.74 Å². The Labute approximate surface area is 95.0 Å². The van der Waals surface area contributed by atoms with Gasteiger partial charge in [0.05, 0.1) is 12.2 Å². The number of ether oxygens (including phenoxy) is 1. The molecular formula is C8H15N3O4S. The summed E-state index contributed by atoms with van der Waals surface area (Å²) in [5, 5.41) is 8.22. The molecule has 92 valence electrons. The van der Waals surface area contributed by atoms with Gasteiger partial charge in [-0.1, -0.05) is 0 Å². The van der Waals surface area contributed by atoms with E-state index < -0.39 is 22.4 Å². The zero-order valence-corrected chi connectivity index (χ0v) is 10.0. The van der Waals surface area contributed by atoms with Crippen molar-refractivity contribution in [3.63, 3.8) is 0 Å². The topological polar surface area (TPSA) is 108 Å². The number of unbranched alkanes of at least 4 members (excludes halogenated alkanes) is 1. The van der Waals surface area contributed by atoms with Gasteiger partial charge in [-0.25, -0.2) is 9.52 Å². The molecule has 7 nitrogen and oxygen atoms in total. The van der Waals surface area contributed by atoms with Gasteiger partial charge in [0.2, 0.25) is 0 Å². The van der Waals surface area contributed by atoms with Crippen LogP contribution >= 0.6 is 0 Å². The first-order valence-electron chi connectivity index (χ1n) is 4.72. The van der Waals surface area contributed by atoms with Gasteiger partial charge in [-0.3, -0.25) is 0 Å². The Morgan fingerprint density at radius 2 is 2.12 bits per heavy atom. The molecule has 0 aliphatic carbocycles. The van der Waals surface area contributed by atoms with Gasteiger partial charge in [-0.15, -0.1) is 0 Å². The summed E-state index contributed by atoms with van der Waals surface area (Å²) in [6.07, 6.45) is -0.785. The lowest BCUT2D eigenvalue weighted by Gasteiger charge is -2.10. The second kappa shape index (κ2) is 7.03. The van der Waals surface area contributed by atoms with Crippen LogP contribution in [0.2, 0.25) is 0 Å². The lowest BCUT2D eigenvalue weighted by atomic mass is 10.3. The monoisotopic (exact) mass is 249 g/mol. The highest BCUT2D eigenvalue weighted by molar-refractivity contribution is 7.88. The van der Waals surface area contributed by atoms with Crippen molar-refractivity contribution in [3.05, 3.63) is 0 Å². The van der Waals surface area contributed by atoms with E-state index in [1.807, 2.05) is 6.07 Å². The summed E-state index contributed by atoms with van der Waals surface area (Å²) in [6.45, 7) is 3.30. The first-order chi connectivity index (χ1) is 7.37. The Morgan fingerprint density at radius 1 is 1.50 bits per heavy atom. The SMILES string of the molecule is CC(C)OC(=O)NS(=O)(=O)NCCCC#N. The van der Waals surface area contributed by atoms with Crippen molar-refractivity contribution in [2.45, 2.75) is 32.8 Å². The predicted molar refractivity (Wildman–Crippen MR) is 56.5 cm³/mol. The Morgan fingerprint density at radius 3 is 2.62 bits per heavy atom. The van der Waals surface area contributed by atoms with E-state index in [2.05, 4.69) is 9.46 Å². The number of hydrogen-bond donors (Lipinski definition) is 2. The fourth-order valence-corrected chi connectivity index (χ4v) is 1.51. The molecule has 0 aliphatic rings. The summed E-state index contributed by atoms with van der Waals surface area (Å²) in [5.41, 5.74) is 0. The molecule has 1 amide bonds. The number of nitrogens with zero attached hydrogens (tertiary/aromatic N) is 1. The van der Waals surface area contributed by atoms with Crippen molar-refractivity contribution in [3.8, 4) is 6.07 Å². The van der Waals surface area contributed by atoms with Gasteiger partial charge in [-0.05, 0) is 20.3 Å². The fraction of sp³-hybridized carbons (Fsp3) is 0.750. The molecule has 0 spiro atoms. The van der Waals surface area contributed by atoms with E-state index in [-0.39, 0.29) is 13.0 Å². The van der Waals surface area contributed by atoms with E-state index >= 15 is 0 Å². The van der Waals surface area contributed by atoms with Gasteiger partial charge in [0.15, 0.2) is 0 Å². The minimum atomic E-state index is -3.89. The molecule has 0 saturated heterocycles. The minimum absolute atomic E-state index is 0.0951. The predicted octanol–water partition coefficient (Wildman–Crippen LogP) is 0.259. The summed E-state index contributed by atoms with van der Waals surface area (Å²) >= 11 is 0.